The largest absolute Gasteiger partial charge is 0.311 e. The monoisotopic (exact) mass is 491 g/mol. The van der Waals surface area contributed by atoms with Crippen molar-refractivity contribution in [1.29, 1.82) is 0 Å². The lowest BCUT2D eigenvalue weighted by atomic mass is 9.90. The fourth-order valence-corrected chi connectivity index (χ4v) is 5.17. The number of rotatable bonds is 12. The van der Waals surface area contributed by atoms with E-state index in [1.807, 2.05) is 24.5 Å². The molecule has 0 amide bonds. The standard InChI is InChI=1S/C32H37N5/c1-2-8-26(9-3-1)22-33-20-21-37(31-13-6-10-29-11-7-19-36-32(29)31)25-28-16-14-27(15-17-28)23-34-24-30-12-4-5-18-35-30/h1-5,7-9,11-12,14-19,31,33-34H,6,10,13,20-25H2. The Morgan fingerprint density at radius 3 is 2.30 bits per heavy atom. The van der Waals surface area contributed by atoms with E-state index in [-0.39, 0.29) is 0 Å². The van der Waals surface area contributed by atoms with Crippen LogP contribution in [-0.4, -0.2) is 28.0 Å². The molecule has 5 heteroatoms. The Bertz CT molecular complexity index is 1210. The van der Waals surface area contributed by atoms with Crippen LogP contribution in [0.4, 0.5) is 0 Å². The Morgan fingerprint density at radius 2 is 1.46 bits per heavy atom. The molecule has 0 aliphatic heterocycles. The molecule has 2 N–H and O–H groups in total. The lowest BCUT2D eigenvalue weighted by molar-refractivity contribution is 0.166. The van der Waals surface area contributed by atoms with Gasteiger partial charge in [-0.15, -0.1) is 0 Å². The van der Waals surface area contributed by atoms with E-state index < -0.39 is 0 Å². The summed E-state index contributed by atoms with van der Waals surface area (Å²) in [6.07, 6.45) is 7.32. The Balaban J connectivity index is 1.21. The second-order valence-electron chi connectivity index (χ2n) is 9.83. The van der Waals surface area contributed by atoms with Gasteiger partial charge < -0.3 is 10.6 Å². The number of nitrogens with one attached hydrogen (secondary N) is 2. The summed E-state index contributed by atoms with van der Waals surface area (Å²) in [6, 6.07) is 30.4. The van der Waals surface area contributed by atoms with Crippen molar-refractivity contribution in [3.63, 3.8) is 0 Å². The van der Waals surface area contributed by atoms with Crippen LogP contribution in [0.2, 0.25) is 0 Å². The Kier molecular flexibility index (Phi) is 9.05. The van der Waals surface area contributed by atoms with Crippen molar-refractivity contribution in [1.82, 2.24) is 25.5 Å². The molecular formula is C32H37N5. The third-order valence-electron chi connectivity index (χ3n) is 7.12. The van der Waals surface area contributed by atoms with Gasteiger partial charge in [0.15, 0.2) is 0 Å². The van der Waals surface area contributed by atoms with E-state index in [0.29, 0.717) is 6.04 Å². The van der Waals surface area contributed by atoms with Gasteiger partial charge >= 0.3 is 0 Å². The number of nitrogens with zero attached hydrogens (tertiary/aromatic N) is 3. The van der Waals surface area contributed by atoms with Crippen molar-refractivity contribution in [3.8, 4) is 0 Å². The molecule has 0 saturated heterocycles. The van der Waals surface area contributed by atoms with Gasteiger partial charge in [-0.2, -0.15) is 0 Å². The summed E-state index contributed by atoms with van der Waals surface area (Å²) in [5.41, 5.74) is 7.71. The molecule has 37 heavy (non-hydrogen) atoms. The first kappa shape index (κ1) is 25.3. The van der Waals surface area contributed by atoms with E-state index in [9.17, 15) is 0 Å². The van der Waals surface area contributed by atoms with Crippen LogP contribution in [0.1, 0.15) is 52.5 Å². The normalized spacial score (nSPS) is 15.0. The summed E-state index contributed by atoms with van der Waals surface area (Å²) < 4.78 is 0. The first-order chi connectivity index (χ1) is 18.3. The van der Waals surface area contributed by atoms with E-state index >= 15 is 0 Å². The molecule has 1 aliphatic carbocycles. The lowest BCUT2D eigenvalue weighted by Gasteiger charge is -2.35. The fraction of sp³-hybridized carbons (Fsp3) is 0.312. The van der Waals surface area contributed by atoms with Crippen LogP contribution in [-0.2, 0) is 32.6 Å². The minimum Gasteiger partial charge on any atom is -0.311 e. The predicted octanol–water partition coefficient (Wildman–Crippen LogP) is 5.44. The second-order valence-corrected chi connectivity index (χ2v) is 9.83. The molecule has 1 unspecified atom stereocenters. The Morgan fingerprint density at radius 1 is 0.703 bits per heavy atom. The van der Waals surface area contributed by atoms with Crippen LogP contribution in [0.25, 0.3) is 0 Å². The van der Waals surface area contributed by atoms with E-state index in [2.05, 4.69) is 93.3 Å². The number of aryl methyl sites for hydroxylation is 1. The summed E-state index contributed by atoms with van der Waals surface area (Å²) in [6.45, 7) is 5.37. The van der Waals surface area contributed by atoms with E-state index in [1.54, 1.807) is 0 Å². The van der Waals surface area contributed by atoms with Crippen molar-refractivity contribution >= 4 is 0 Å². The molecular weight excluding hydrogens is 454 g/mol. The maximum Gasteiger partial charge on any atom is 0.0607 e. The summed E-state index contributed by atoms with van der Waals surface area (Å²) in [7, 11) is 0. The quantitative estimate of drug-likeness (QED) is 0.259. The molecule has 2 aromatic carbocycles. The molecule has 0 radical (unpaired) electrons. The smallest absolute Gasteiger partial charge is 0.0607 e. The summed E-state index contributed by atoms with van der Waals surface area (Å²) in [5, 5.41) is 7.15. The van der Waals surface area contributed by atoms with Crippen LogP contribution < -0.4 is 10.6 Å². The third-order valence-corrected chi connectivity index (χ3v) is 7.12. The average Bonchev–Trinajstić information content (AvgIpc) is 2.96. The molecule has 0 bridgehead atoms. The van der Waals surface area contributed by atoms with Crippen LogP contribution in [0.15, 0.2) is 97.3 Å². The first-order valence-electron chi connectivity index (χ1n) is 13.5. The highest BCUT2D eigenvalue weighted by molar-refractivity contribution is 5.27. The average molecular weight is 492 g/mol. The minimum absolute atomic E-state index is 0.364. The van der Waals surface area contributed by atoms with Crippen molar-refractivity contribution < 1.29 is 0 Å². The third kappa shape index (κ3) is 7.32. The van der Waals surface area contributed by atoms with E-state index in [1.165, 1.54) is 34.4 Å². The fourth-order valence-electron chi connectivity index (χ4n) is 5.17. The maximum atomic E-state index is 4.84. The number of pyridine rings is 2. The molecule has 0 fully saturated rings. The highest BCUT2D eigenvalue weighted by atomic mass is 15.2. The predicted molar refractivity (Wildman–Crippen MR) is 150 cm³/mol. The Hall–Kier alpha value is -3.38. The van der Waals surface area contributed by atoms with Crippen LogP contribution in [0, 0.1) is 0 Å². The number of hydrogen-bond acceptors (Lipinski definition) is 5. The minimum atomic E-state index is 0.364. The zero-order chi connectivity index (χ0) is 25.1. The molecule has 0 saturated carbocycles. The van der Waals surface area contributed by atoms with Gasteiger partial charge in [0.05, 0.1) is 17.4 Å². The SMILES string of the molecule is c1ccc(CNCCN(Cc2ccc(CNCc3ccccn3)cc2)C2CCCc3cccnc32)cc1. The molecule has 1 atom stereocenters. The van der Waals surface area contributed by atoms with Gasteiger partial charge in [0, 0.05) is 51.7 Å². The number of aromatic nitrogens is 2. The summed E-state index contributed by atoms with van der Waals surface area (Å²) in [5.74, 6) is 0. The maximum absolute atomic E-state index is 4.84. The van der Waals surface area contributed by atoms with Gasteiger partial charge in [0.2, 0.25) is 0 Å². The highest BCUT2D eigenvalue weighted by Gasteiger charge is 2.27. The van der Waals surface area contributed by atoms with Crippen LogP contribution in [0.3, 0.4) is 0 Å². The summed E-state index contributed by atoms with van der Waals surface area (Å²) in [4.78, 5) is 11.8. The van der Waals surface area contributed by atoms with E-state index in [0.717, 1.165) is 57.8 Å². The van der Waals surface area contributed by atoms with Crippen molar-refractivity contribution in [3.05, 3.63) is 131 Å². The number of benzene rings is 2. The first-order valence-corrected chi connectivity index (χ1v) is 13.5. The van der Waals surface area contributed by atoms with Gasteiger partial charge in [-0.25, -0.2) is 0 Å². The molecule has 4 aromatic rings. The summed E-state index contributed by atoms with van der Waals surface area (Å²) >= 11 is 0. The molecule has 2 aromatic heterocycles. The van der Waals surface area contributed by atoms with Crippen molar-refractivity contribution in [2.24, 2.45) is 0 Å². The second kappa shape index (κ2) is 13.2. The number of hydrogen-bond donors (Lipinski definition) is 2. The zero-order valence-electron chi connectivity index (χ0n) is 21.5. The Labute approximate surface area is 221 Å². The van der Waals surface area contributed by atoms with Gasteiger partial charge in [0.1, 0.15) is 0 Å². The van der Waals surface area contributed by atoms with Gasteiger partial charge in [0.25, 0.3) is 0 Å². The molecule has 190 valence electrons. The molecule has 1 aliphatic rings. The molecule has 5 rings (SSSR count). The zero-order valence-corrected chi connectivity index (χ0v) is 21.5. The van der Waals surface area contributed by atoms with Gasteiger partial charge in [-0.3, -0.25) is 14.9 Å². The van der Waals surface area contributed by atoms with Crippen LogP contribution in [0.5, 0.6) is 0 Å². The van der Waals surface area contributed by atoms with E-state index in [4.69, 9.17) is 4.98 Å². The highest BCUT2D eigenvalue weighted by Crippen LogP contribution is 2.33. The van der Waals surface area contributed by atoms with Crippen molar-refractivity contribution in [2.75, 3.05) is 13.1 Å². The lowest BCUT2D eigenvalue weighted by Crippen LogP contribution is -2.36. The molecule has 2 heterocycles. The molecule has 0 spiro atoms. The topological polar surface area (TPSA) is 53.1 Å². The molecule has 5 nitrogen and oxygen atoms in total. The van der Waals surface area contributed by atoms with Gasteiger partial charge in [-0.05, 0) is 59.7 Å². The van der Waals surface area contributed by atoms with Gasteiger partial charge in [-0.1, -0.05) is 66.7 Å². The van der Waals surface area contributed by atoms with Crippen LogP contribution >= 0.6 is 0 Å². The number of fused-ring (bicyclic) bond motifs is 1. The van der Waals surface area contributed by atoms with Crippen molar-refractivity contribution in [2.45, 2.75) is 51.5 Å².